The molecule has 2 heterocycles. The first kappa shape index (κ1) is 17.6. The number of nitrogens with zero attached hydrogens (tertiary/aromatic N) is 3. The summed E-state index contributed by atoms with van der Waals surface area (Å²) in [7, 11) is 0. The van der Waals surface area contributed by atoms with E-state index in [0.717, 1.165) is 32.2 Å². The lowest BCUT2D eigenvalue weighted by Gasteiger charge is -2.12. The van der Waals surface area contributed by atoms with Crippen molar-refractivity contribution in [2.45, 2.75) is 27.2 Å². The predicted molar refractivity (Wildman–Crippen MR) is 103 cm³/mol. The van der Waals surface area contributed by atoms with Gasteiger partial charge in [-0.2, -0.15) is 5.26 Å². The number of thiazole rings is 1. The molecular formula is C19H16BrN3OS. The maximum absolute atomic E-state index is 12.1. The van der Waals surface area contributed by atoms with Crippen LogP contribution >= 0.6 is 27.3 Å². The molecule has 4 nitrogen and oxygen atoms in total. The van der Waals surface area contributed by atoms with Gasteiger partial charge in [0.2, 0.25) is 0 Å². The standard InChI is InChI=1S/C19H16BrN3OS/c1-11-18(12(2)24)19(20)17(8-15-10-25-13(3)22-15)23(11)16-6-4-14(9-21)5-7-16/h4-7,10H,8H2,1-3H3. The average Bonchev–Trinajstić information content (AvgIpc) is 3.09. The van der Waals surface area contributed by atoms with E-state index in [4.69, 9.17) is 5.26 Å². The zero-order valence-electron chi connectivity index (χ0n) is 14.1. The number of carbonyl (C=O) groups excluding carboxylic acids is 1. The fourth-order valence-corrected chi connectivity index (χ4v) is 4.47. The Hall–Kier alpha value is -2.23. The van der Waals surface area contributed by atoms with Crippen LogP contribution in [-0.2, 0) is 6.42 Å². The normalized spacial score (nSPS) is 10.7. The molecule has 0 bridgehead atoms. The van der Waals surface area contributed by atoms with E-state index < -0.39 is 0 Å². The first-order chi connectivity index (χ1) is 11.9. The first-order valence-electron chi connectivity index (χ1n) is 7.74. The molecule has 0 radical (unpaired) electrons. The number of benzene rings is 1. The molecule has 0 aliphatic rings. The van der Waals surface area contributed by atoms with E-state index >= 15 is 0 Å². The molecule has 0 N–H and O–H groups in total. The number of ketones is 1. The quantitative estimate of drug-likeness (QED) is 0.566. The molecule has 0 amide bonds. The number of hydrogen-bond donors (Lipinski definition) is 0. The van der Waals surface area contributed by atoms with Crippen molar-refractivity contribution in [3.63, 3.8) is 0 Å². The predicted octanol–water partition coefficient (Wildman–Crippen LogP) is 4.98. The summed E-state index contributed by atoms with van der Waals surface area (Å²) in [6, 6.07) is 9.50. The maximum atomic E-state index is 12.1. The molecule has 1 aromatic carbocycles. The van der Waals surface area contributed by atoms with Gasteiger partial charge in [-0.15, -0.1) is 11.3 Å². The van der Waals surface area contributed by atoms with Crippen molar-refractivity contribution in [1.82, 2.24) is 9.55 Å². The van der Waals surface area contributed by atoms with Crippen molar-refractivity contribution in [2.24, 2.45) is 0 Å². The average molecular weight is 414 g/mol. The second kappa shape index (κ2) is 6.95. The highest BCUT2D eigenvalue weighted by Crippen LogP contribution is 2.33. The third-order valence-corrected chi connectivity index (χ3v) is 5.74. The van der Waals surface area contributed by atoms with Gasteiger partial charge in [0.15, 0.2) is 5.78 Å². The van der Waals surface area contributed by atoms with Crippen molar-refractivity contribution >= 4 is 33.0 Å². The summed E-state index contributed by atoms with van der Waals surface area (Å²) in [5.41, 5.74) is 5.06. The molecular weight excluding hydrogens is 398 g/mol. The van der Waals surface area contributed by atoms with E-state index in [1.807, 2.05) is 31.4 Å². The molecule has 0 saturated heterocycles. The second-order valence-electron chi connectivity index (χ2n) is 5.81. The Bertz CT molecular complexity index is 993. The minimum Gasteiger partial charge on any atom is -0.316 e. The maximum Gasteiger partial charge on any atom is 0.162 e. The van der Waals surface area contributed by atoms with Gasteiger partial charge in [0.25, 0.3) is 0 Å². The van der Waals surface area contributed by atoms with Crippen molar-refractivity contribution in [3.8, 4) is 11.8 Å². The summed E-state index contributed by atoms with van der Waals surface area (Å²) >= 11 is 5.24. The Morgan fingerprint density at radius 3 is 2.52 bits per heavy atom. The SMILES string of the molecule is CC(=O)c1c(Br)c(Cc2csc(C)n2)n(-c2ccc(C#N)cc2)c1C. The number of hydrogen-bond acceptors (Lipinski definition) is 4. The highest BCUT2D eigenvalue weighted by Gasteiger charge is 2.23. The summed E-state index contributed by atoms with van der Waals surface area (Å²) in [6.07, 6.45) is 0.624. The molecule has 0 atom stereocenters. The van der Waals surface area contributed by atoms with Gasteiger partial charge in [0, 0.05) is 28.9 Å². The van der Waals surface area contributed by atoms with Crippen molar-refractivity contribution in [3.05, 3.63) is 67.3 Å². The third-order valence-electron chi connectivity index (χ3n) is 4.06. The van der Waals surface area contributed by atoms with Gasteiger partial charge >= 0.3 is 0 Å². The van der Waals surface area contributed by atoms with Crippen LogP contribution in [0.15, 0.2) is 34.1 Å². The minimum atomic E-state index is 0.0208. The van der Waals surface area contributed by atoms with Gasteiger partial charge in [-0.25, -0.2) is 4.98 Å². The molecule has 3 rings (SSSR count). The molecule has 0 aliphatic heterocycles. The number of nitriles is 1. The van der Waals surface area contributed by atoms with Crippen molar-refractivity contribution in [2.75, 3.05) is 0 Å². The van der Waals surface area contributed by atoms with Crippen LogP contribution < -0.4 is 0 Å². The highest BCUT2D eigenvalue weighted by molar-refractivity contribution is 9.10. The number of aromatic nitrogens is 2. The van der Waals surface area contributed by atoms with Crippen LogP contribution in [0.5, 0.6) is 0 Å². The van der Waals surface area contributed by atoms with Crippen LogP contribution in [0.3, 0.4) is 0 Å². The monoisotopic (exact) mass is 413 g/mol. The number of aryl methyl sites for hydroxylation is 1. The van der Waals surface area contributed by atoms with E-state index in [1.165, 1.54) is 0 Å². The third kappa shape index (κ3) is 3.30. The summed E-state index contributed by atoms with van der Waals surface area (Å²) in [4.78, 5) is 16.7. The smallest absolute Gasteiger partial charge is 0.162 e. The number of halogens is 1. The number of rotatable bonds is 4. The molecule has 0 saturated carbocycles. The lowest BCUT2D eigenvalue weighted by Crippen LogP contribution is -2.04. The highest BCUT2D eigenvalue weighted by atomic mass is 79.9. The Kier molecular flexibility index (Phi) is 4.89. The molecule has 6 heteroatoms. The van der Waals surface area contributed by atoms with E-state index in [-0.39, 0.29) is 5.78 Å². The van der Waals surface area contributed by atoms with E-state index in [0.29, 0.717) is 17.5 Å². The Morgan fingerprint density at radius 1 is 1.32 bits per heavy atom. The van der Waals surface area contributed by atoms with E-state index in [9.17, 15) is 4.79 Å². The van der Waals surface area contributed by atoms with E-state index in [1.54, 1.807) is 30.4 Å². The second-order valence-corrected chi connectivity index (χ2v) is 7.66. The van der Waals surface area contributed by atoms with Crippen LogP contribution in [0.1, 0.15) is 44.9 Å². The van der Waals surface area contributed by atoms with Gasteiger partial charge in [-0.05, 0) is 61.0 Å². The molecule has 0 aliphatic carbocycles. The van der Waals surface area contributed by atoms with Crippen molar-refractivity contribution in [1.29, 1.82) is 5.26 Å². The summed E-state index contributed by atoms with van der Waals surface area (Å²) in [5.74, 6) is 0.0208. The van der Waals surface area contributed by atoms with Crippen molar-refractivity contribution < 1.29 is 4.79 Å². The van der Waals surface area contributed by atoms with Gasteiger partial charge in [-0.1, -0.05) is 0 Å². The molecule has 0 fully saturated rings. The molecule has 0 spiro atoms. The van der Waals surface area contributed by atoms with Crippen LogP contribution in [0.4, 0.5) is 0 Å². The molecule has 126 valence electrons. The van der Waals surface area contributed by atoms with Gasteiger partial charge in [0.1, 0.15) is 0 Å². The fourth-order valence-electron chi connectivity index (χ4n) is 2.98. The largest absolute Gasteiger partial charge is 0.316 e. The van der Waals surface area contributed by atoms with Crippen LogP contribution in [0.2, 0.25) is 0 Å². The zero-order valence-corrected chi connectivity index (χ0v) is 16.5. The molecule has 0 unspecified atom stereocenters. The molecule has 3 aromatic rings. The van der Waals surface area contributed by atoms with Gasteiger partial charge in [0.05, 0.1) is 32.4 Å². The Labute approximate surface area is 158 Å². The minimum absolute atomic E-state index is 0.0208. The number of carbonyl (C=O) groups is 1. The van der Waals surface area contributed by atoms with Crippen LogP contribution in [-0.4, -0.2) is 15.3 Å². The summed E-state index contributed by atoms with van der Waals surface area (Å²) < 4.78 is 2.88. The zero-order chi connectivity index (χ0) is 18.1. The summed E-state index contributed by atoms with van der Waals surface area (Å²) in [5, 5.41) is 12.1. The van der Waals surface area contributed by atoms with Crippen LogP contribution in [0, 0.1) is 25.2 Å². The van der Waals surface area contributed by atoms with E-state index in [2.05, 4.69) is 31.6 Å². The molecule has 2 aromatic heterocycles. The van der Waals surface area contributed by atoms with Gasteiger partial charge < -0.3 is 4.57 Å². The summed E-state index contributed by atoms with van der Waals surface area (Å²) in [6.45, 7) is 5.50. The molecule has 25 heavy (non-hydrogen) atoms. The Balaban J connectivity index is 2.19. The fraction of sp³-hybridized carbons (Fsp3) is 0.211. The first-order valence-corrected chi connectivity index (χ1v) is 9.41. The lowest BCUT2D eigenvalue weighted by atomic mass is 10.1. The van der Waals surface area contributed by atoms with Gasteiger partial charge in [-0.3, -0.25) is 4.79 Å². The topological polar surface area (TPSA) is 58.7 Å². The lowest BCUT2D eigenvalue weighted by molar-refractivity contribution is 0.101. The van der Waals surface area contributed by atoms with Crippen LogP contribution in [0.25, 0.3) is 5.69 Å². The number of Topliss-reactive ketones (excluding diaryl/α,β-unsaturated/α-hetero) is 1. The Morgan fingerprint density at radius 2 is 2.00 bits per heavy atom.